The van der Waals surface area contributed by atoms with Crippen LogP contribution in [0.1, 0.15) is 12.5 Å². The number of carbonyl (C=O) groups excluding carboxylic acids is 1. The van der Waals surface area contributed by atoms with Crippen LogP contribution in [0.3, 0.4) is 0 Å². The first-order chi connectivity index (χ1) is 11.8. The van der Waals surface area contributed by atoms with Gasteiger partial charge in [-0.1, -0.05) is 30.3 Å². The average molecular weight is 361 g/mol. The van der Waals surface area contributed by atoms with Gasteiger partial charge in [0.25, 0.3) is 5.91 Å². The molecule has 0 aromatic heterocycles. The second-order valence-corrected chi connectivity index (χ2v) is 7.26. The van der Waals surface area contributed by atoms with E-state index < -0.39 is 22.5 Å². The SMILES string of the molecule is C/C(=N/NC(=O)CN(c1ccccc1)S(C)(=O)=O)c1ccccc1O. The quantitative estimate of drug-likeness (QED) is 0.604. The molecule has 8 heteroatoms. The van der Waals surface area contributed by atoms with Gasteiger partial charge in [-0.25, -0.2) is 13.8 Å². The van der Waals surface area contributed by atoms with Crippen molar-refractivity contribution < 1.29 is 18.3 Å². The van der Waals surface area contributed by atoms with E-state index in [-0.39, 0.29) is 5.75 Å². The molecule has 2 aromatic rings. The van der Waals surface area contributed by atoms with Crippen molar-refractivity contribution >= 4 is 27.3 Å². The maximum atomic E-state index is 12.1. The summed E-state index contributed by atoms with van der Waals surface area (Å²) in [5, 5.41) is 13.7. The highest BCUT2D eigenvalue weighted by atomic mass is 32.2. The topological polar surface area (TPSA) is 99.1 Å². The molecule has 2 N–H and O–H groups in total. The number of amides is 1. The van der Waals surface area contributed by atoms with Gasteiger partial charge in [-0.05, 0) is 31.2 Å². The minimum Gasteiger partial charge on any atom is -0.507 e. The summed E-state index contributed by atoms with van der Waals surface area (Å²) >= 11 is 0. The number of carbonyl (C=O) groups is 1. The number of nitrogens with one attached hydrogen (secondary N) is 1. The molecule has 2 rings (SSSR count). The lowest BCUT2D eigenvalue weighted by molar-refractivity contribution is -0.119. The number of aromatic hydroxyl groups is 1. The van der Waals surface area contributed by atoms with Crippen LogP contribution in [0.5, 0.6) is 5.75 Å². The third-order valence-electron chi connectivity index (χ3n) is 3.37. The van der Waals surface area contributed by atoms with Gasteiger partial charge in [0.05, 0.1) is 17.7 Å². The average Bonchev–Trinajstić information content (AvgIpc) is 2.57. The molecular formula is C17H19N3O4S. The van der Waals surface area contributed by atoms with Crippen molar-refractivity contribution in [2.24, 2.45) is 5.10 Å². The summed E-state index contributed by atoms with van der Waals surface area (Å²) in [4.78, 5) is 12.1. The Balaban J connectivity index is 2.12. The first kappa shape index (κ1) is 18.5. The monoisotopic (exact) mass is 361 g/mol. The van der Waals surface area contributed by atoms with Crippen molar-refractivity contribution in [3.8, 4) is 5.75 Å². The number of para-hydroxylation sites is 2. The molecular weight excluding hydrogens is 342 g/mol. The van der Waals surface area contributed by atoms with Gasteiger partial charge in [-0.15, -0.1) is 0 Å². The van der Waals surface area contributed by atoms with Crippen LogP contribution in [-0.4, -0.2) is 37.9 Å². The molecule has 2 aromatic carbocycles. The van der Waals surface area contributed by atoms with Crippen molar-refractivity contribution in [1.82, 2.24) is 5.43 Å². The fraction of sp³-hybridized carbons (Fsp3) is 0.176. The van der Waals surface area contributed by atoms with E-state index in [1.807, 2.05) is 0 Å². The predicted molar refractivity (Wildman–Crippen MR) is 97.1 cm³/mol. The highest BCUT2D eigenvalue weighted by Crippen LogP contribution is 2.17. The summed E-state index contributed by atoms with van der Waals surface area (Å²) in [7, 11) is -3.63. The summed E-state index contributed by atoms with van der Waals surface area (Å²) in [5.41, 5.74) is 3.58. The molecule has 25 heavy (non-hydrogen) atoms. The number of phenolic OH excluding ortho intramolecular Hbond substituents is 1. The zero-order chi connectivity index (χ0) is 18.4. The molecule has 0 aliphatic rings. The molecule has 0 aliphatic heterocycles. The lowest BCUT2D eigenvalue weighted by Crippen LogP contribution is -2.39. The molecule has 0 fully saturated rings. The third-order valence-corrected chi connectivity index (χ3v) is 4.51. The lowest BCUT2D eigenvalue weighted by Gasteiger charge is -2.21. The molecule has 0 aliphatic carbocycles. The molecule has 0 heterocycles. The number of benzene rings is 2. The smallest absolute Gasteiger partial charge is 0.260 e. The zero-order valence-electron chi connectivity index (χ0n) is 13.9. The number of anilines is 1. The van der Waals surface area contributed by atoms with E-state index in [4.69, 9.17) is 0 Å². The number of hydrazone groups is 1. The third kappa shape index (κ3) is 5.05. The highest BCUT2D eigenvalue weighted by molar-refractivity contribution is 7.92. The molecule has 7 nitrogen and oxygen atoms in total. The zero-order valence-corrected chi connectivity index (χ0v) is 14.7. The van der Waals surface area contributed by atoms with Gasteiger partial charge in [0.15, 0.2) is 0 Å². The van der Waals surface area contributed by atoms with Crippen LogP contribution < -0.4 is 9.73 Å². The molecule has 0 spiro atoms. The number of rotatable bonds is 6. The van der Waals surface area contributed by atoms with Crippen LogP contribution in [-0.2, 0) is 14.8 Å². The number of hydrogen-bond donors (Lipinski definition) is 2. The van der Waals surface area contributed by atoms with Crippen molar-refractivity contribution in [3.05, 3.63) is 60.2 Å². The maximum absolute atomic E-state index is 12.1. The van der Waals surface area contributed by atoms with Crippen LogP contribution in [0.25, 0.3) is 0 Å². The second-order valence-electron chi connectivity index (χ2n) is 5.35. The Morgan fingerprint density at radius 3 is 2.32 bits per heavy atom. The van der Waals surface area contributed by atoms with Gasteiger partial charge < -0.3 is 5.11 Å². The van der Waals surface area contributed by atoms with Gasteiger partial charge in [0, 0.05) is 5.56 Å². The minimum atomic E-state index is -3.63. The van der Waals surface area contributed by atoms with Gasteiger partial charge in [0.2, 0.25) is 10.0 Å². The van der Waals surface area contributed by atoms with Crippen molar-refractivity contribution in [1.29, 1.82) is 0 Å². The van der Waals surface area contributed by atoms with Crippen molar-refractivity contribution in [2.75, 3.05) is 17.1 Å². The van der Waals surface area contributed by atoms with E-state index in [1.54, 1.807) is 55.5 Å². The van der Waals surface area contributed by atoms with E-state index in [0.717, 1.165) is 10.6 Å². The van der Waals surface area contributed by atoms with Gasteiger partial charge in [-0.3, -0.25) is 9.10 Å². The van der Waals surface area contributed by atoms with E-state index in [2.05, 4.69) is 10.5 Å². The van der Waals surface area contributed by atoms with E-state index in [9.17, 15) is 18.3 Å². The Morgan fingerprint density at radius 2 is 1.72 bits per heavy atom. The lowest BCUT2D eigenvalue weighted by atomic mass is 10.1. The highest BCUT2D eigenvalue weighted by Gasteiger charge is 2.20. The predicted octanol–water partition coefficient (Wildman–Crippen LogP) is 1.70. The molecule has 132 valence electrons. The second kappa shape index (κ2) is 7.80. The van der Waals surface area contributed by atoms with Crippen molar-refractivity contribution in [2.45, 2.75) is 6.92 Å². The Kier molecular flexibility index (Phi) is 5.76. The van der Waals surface area contributed by atoms with Gasteiger partial charge in [-0.2, -0.15) is 5.10 Å². The van der Waals surface area contributed by atoms with E-state index >= 15 is 0 Å². The first-order valence-electron chi connectivity index (χ1n) is 7.43. The minimum absolute atomic E-state index is 0.0417. The largest absolute Gasteiger partial charge is 0.507 e. The Bertz CT molecular complexity index is 880. The van der Waals surface area contributed by atoms with Crippen LogP contribution >= 0.6 is 0 Å². The summed E-state index contributed by atoms with van der Waals surface area (Å²) < 4.78 is 24.9. The van der Waals surface area contributed by atoms with Crippen LogP contribution in [0.2, 0.25) is 0 Å². The molecule has 0 radical (unpaired) electrons. The first-order valence-corrected chi connectivity index (χ1v) is 9.28. The van der Waals surface area contributed by atoms with E-state index in [1.165, 1.54) is 6.07 Å². The van der Waals surface area contributed by atoms with Crippen LogP contribution in [0, 0.1) is 0 Å². The standard InChI is InChI=1S/C17H19N3O4S/c1-13(15-10-6-7-11-16(15)21)18-19-17(22)12-20(25(2,23)24)14-8-4-3-5-9-14/h3-11,21H,12H2,1-2H3,(H,19,22)/b18-13-. The molecule has 0 atom stereocenters. The summed E-state index contributed by atoms with van der Waals surface area (Å²) in [6, 6.07) is 14.9. The Morgan fingerprint density at radius 1 is 1.12 bits per heavy atom. The van der Waals surface area contributed by atoms with Crippen LogP contribution in [0.15, 0.2) is 59.7 Å². The van der Waals surface area contributed by atoms with Crippen molar-refractivity contribution in [3.63, 3.8) is 0 Å². The Hall–Kier alpha value is -2.87. The molecule has 0 saturated carbocycles. The fourth-order valence-corrected chi connectivity index (χ4v) is 3.00. The summed E-state index contributed by atoms with van der Waals surface area (Å²) in [6.45, 7) is 1.22. The maximum Gasteiger partial charge on any atom is 0.260 e. The summed E-state index contributed by atoms with van der Waals surface area (Å²) in [5.74, 6) is -0.552. The molecule has 0 unspecified atom stereocenters. The van der Waals surface area contributed by atoms with Crippen LogP contribution in [0.4, 0.5) is 5.69 Å². The summed E-state index contributed by atoms with van der Waals surface area (Å²) in [6.07, 6.45) is 1.03. The Labute approximate surface area is 146 Å². The molecule has 1 amide bonds. The number of nitrogens with zero attached hydrogens (tertiary/aromatic N) is 2. The fourth-order valence-electron chi connectivity index (χ4n) is 2.15. The normalized spacial score (nSPS) is 11.8. The van der Waals surface area contributed by atoms with E-state index in [0.29, 0.717) is 17.0 Å². The number of phenols is 1. The number of sulfonamides is 1. The molecule has 0 saturated heterocycles. The number of hydrogen-bond acceptors (Lipinski definition) is 5. The van der Waals surface area contributed by atoms with Gasteiger partial charge >= 0.3 is 0 Å². The van der Waals surface area contributed by atoms with Gasteiger partial charge in [0.1, 0.15) is 12.3 Å². The molecule has 0 bridgehead atoms.